The fraction of sp³-hybridized carbons (Fsp3) is 0.333. The molecule has 0 aliphatic heterocycles. The van der Waals surface area contributed by atoms with Crippen LogP contribution in [-0.4, -0.2) is 36.1 Å². The smallest absolute Gasteiger partial charge is 0.328 e. The Kier molecular flexibility index (Phi) is 7.48. The highest BCUT2D eigenvalue weighted by Gasteiger charge is 2.44. The number of rotatable bonds is 7. The van der Waals surface area contributed by atoms with Gasteiger partial charge in [0.25, 0.3) is 5.91 Å². The molecule has 7 rings (SSSR count). The molecule has 3 aromatic heterocycles. The average Bonchev–Trinajstić information content (AvgIpc) is 3.51. The topological polar surface area (TPSA) is 102 Å². The summed E-state index contributed by atoms with van der Waals surface area (Å²) in [6, 6.07) is 16.1. The zero-order valence-corrected chi connectivity index (χ0v) is 26.3. The van der Waals surface area contributed by atoms with E-state index in [1.165, 1.54) is 19.3 Å². The highest BCUT2D eigenvalue weighted by molar-refractivity contribution is 6.32. The molecular formula is C36H36ClN5O3. The van der Waals surface area contributed by atoms with Crippen LogP contribution in [0, 0.1) is 6.92 Å². The number of aryl methyl sites for hydroxylation is 2. The molecule has 2 N–H and O–H groups in total. The van der Waals surface area contributed by atoms with Crippen molar-refractivity contribution in [3.63, 3.8) is 0 Å². The normalized spacial score (nSPS) is 16.8. The molecule has 2 aromatic carbocycles. The Labute approximate surface area is 266 Å². The second kappa shape index (κ2) is 11.5. The van der Waals surface area contributed by atoms with Crippen LogP contribution in [0.1, 0.15) is 84.7 Å². The van der Waals surface area contributed by atoms with Crippen molar-refractivity contribution in [1.29, 1.82) is 0 Å². The number of carboxylic acid groups (broad SMARTS) is 1. The van der Waals surface area contributed by atoms with Gasteiger partial charge in [0, 0.05) is 47.4 Å². The Morgan fingerprint density at radius 1 is 1.04 bits per heavy atom. The largest absolute Gasteiger partial charge is 0.478 e. The lowest BCUT2D eigenvalue weighted by molar-refractivity contribution is -0.131. The number of nitrogens with zero attached hydrogens (tertiary/aromatic N) is 4. The lowest BCUT2D eigenvalue weighted by Gasteiger charge is -2.41. The van der Waals surface area contributed by atoms with Gasteiger partial charge < -0.3 is 19.6 Å². The molecule has 45 heavy (non-hydrogen) atoms. The maximum absolute atomic E-state index is 14.0. The molecule has 9 heteroatoms. The molecule has 1 amide bonds. The molecule has 8 nitrogen and oxygen atoms in total. The standard InChI is InChI=1S/C36H36ClN5O3/c1-22-27-21-24(13-15-29(27)42(25-8-4-3-5-9-25)32(22)26-10-6-19-38-33(26)37)34(45)40-36(17-7-18-36)35-39-28-14-11-23(12-16-31(43)44)20-30(28)41(35)2/h6,10-16,19-21,25H,3-5,7-9,17-18H2,1-2H3,(H,40,45)(H,43,44)/b16-12+. The van der Waals surface area contributed by atoms with Gasteiger partial charge in [-0.3, -0.25) is 4.79 Å². The van der Waals surface area contributed by atoms with Crippen LogP contribution >= 0.6 is 11.6 Å². The van der Waals surface area contributed by atoms with E-state index in [0.29, 0.717) is 16.8 Å². The summed E-state index contributed by atoms with van der Waals surface area (Å²) >= 11 is 6.66. The first kappa shape index (κ1) is 29.3. The maximum atomic E-state index is 14.0. The number of fused-ring (bicyclic) bond motifs is 2. The Morgan fingerprint density at radius 3 is 2.56 bits per heavy atom. The van der Waals surface area contributed by atoms with Crippen LogP contribution in [0.2, 0.25) is 5.15 Å². The summed E-state index contributed by atoms with van der Waals surface area (Å²) in [5.74, 6) is -0.307. The lowest BCUT2D eigenvalue weighted by Crippen LogP contribution is -2.52. The van der Waals surface area contributed by atoms with Crippen molar-refractivity contribution in [1.82, 2.24) is 24.4 Å². The lowest BCUT2D eigenvalue weighted by atomic mass is 9.75. The molecule has 5 aromatic rings. The fourth-order valence-electron chi connectivity index (χ4n) is 7.36. The van der Waals surface area contributed by atoms with Crippen molar-refractivity contribution >= 4 is 51.5 Å². The summed E-state index contributed by atoms with van der Waals surface area (Å²) in [4.78, 5) is 34.3. The number of nitrogens with one attached hydrogen (secondary N) is 1. The van der Waals surface area contributed by atoms with Gasteiger partial charge in [0.05, 0.1) is 22.3 Å². The molecule has 2 aliphatic carbocycles. The SMILES string of the molecule is Cc1c(-c2cccnc2Cl)n(C2CCCCC2)c2ccc(C(=O)NC3(c4nc5ccc(/C=C/C(=O)O)cc5n4C)CCC3)cc12. The monoisotopic (exact) mass is 621 g/mol. The van der Waals surface area contributed by atoms with E-state index in [1.54, 1.807) is 12.3 Å². The van der Waals surface area contributed by atoms with Crippen LogP contribution in [0.5, 0.6) is 0 Å². The molecule has 0 radical (unpaired) electrons. The summed E-state index contributed by atoms with van der Waals surface area (Å²) in [5.41, 5.74) is 6.73. The highest BCUT2D eigenvalue weighted by Crippen LogP contribution is 2.44. The molecule has 0 spiro atoms. The first-order valence-electron chi connectivity index (χ1n) is 15.7. The number of halogens is 1. The van der Waals surface area contributed by atoms with Gasteiger partial charge in [-0.15, -0.1) is 0 Å². The number of benzene rings is 2. The molecule has 0 bridgehead atoms. The van der Waals surface area contributed by atoms with Gasteiger partial charge in [0.15, 0.2) is 0 Å². The minimum atomic E-state index is -0.993. The Hall–Kier alpha value is -4.43. The first-order valence-corrected chi connectivity index (χ1v) is 16.1. The molecule has 0 unspecified atom stereocenters. The third kappa shape index (κ3) is 5.11. The number of carbonyl (C=O) groups is 2. The average molecular weight is 622 g/mol. The van der Waals surface area contributed by atoms with E-state index in [1.807, 2.05) is 54.1 Å². The minimum Gasteiger partial charge on any atom is -0.478 e. The van der Waals surface area contributed by atoms with Gasteiger partial charge in [-0.2, -0.15) is 0 Å². The number of carbonyl (C=O) groups excluding carboxylic acids is 1. The summed E-state index contributed by atoms with van der Waals surface area (Å²) in [7, 11) is 1.95. The van der Waals surface area contributed by atoms with Crippen LogP contribution in [0.4, 0.5) is 0 Å². The quantitative estimate of drug-likeness (QED) is 0.142. The second-order valence-electron chi connectivity index (χ2n) is 12.5. The van der Waals surface area contributed by atoms with Crippen molar-refractivity contribution in [3.8, 4) is 11.3 Å². The van der Waals surface area contributed by atoms with Crippen LogP contribution in [0.15, 0.2) is 60.8 Å². The van der Waals surface area contributed by atoms with Crippen LogP contribution in [-0.2, 0) is 17.4 Å². The Bertz CT molecular complexity index is 2000. The fourth-order valence-corrected chi connectivity index (χ4v) is 7.57. The van der Waals surface area contributed by atoms with E-state index in [-0.39, 0.29) is 5.91 Å². The number of imidazole rings is 1. The summed E-state index contributed by atoms with van der Waals surface area (Å²) in [6.45, 7) is 2.12. The molecular weight excluding hydrogens is 586 g/mol. The van der Waals surface area contributed by atoms with Crippen molar-refractivity contribution in [2.45, 2.75) is 69.9 Å². The molecule has 0 saturated heterocycles. The summed E-state index contributed by atoms with van der Waals surface area (Å²) < 4.78 is 4.47. The van der Waals surface area contributed by atoms with Crippen molar-refractivity contribution in [2.24, 2.45) is 7.05 Å². The summed E-state index contributed by atoms with van der Waals surface area (Å²) in [5, 5.41) is 13.9. The van der Waals surface area contributed by atoms with E-state index >= 15 is 0 Å². The Balaban J connectivity index is 1.25. The molecule has 0 atom stereocenters. The van der Waals surface area contributed by atoms with E-state index in [9.17, 15) is 9.59 Å². The van der Waals surface area contributed by atoms with E-state index in [2.05, 4.69) is 27.9 Å². The predicted molar refractivity (Wildman–Crippen MR) is 177 cm³/mol. The van der Waals surface area contributed by atoms with Crippen molar-refractivity contribution < 1.29 is 14.7 Å². The number of amides is 1. The first-order chi connectivity index (χ1) is 21.8. The molecule has 2 aliphatic rings. The third-order valence-electron chi connectivity index (χ3n) is 9.78. The zero-order valence-electron chi connectivity index (χ0n) is 25.5. The number of carboxylic acids is 1. The zero-order chi connectivity index (χ0) is 31.3. The van der Waals surface area contributed by atoms with Gasteiger partial charge in [0.2, 0.25) is 0 Å². The molecule has 3 heterocycles. The van der Waals surface area contributed by atoms with Gasteiger partial charge in [-0.05, 0) is 98.7 Å². The van der Waals surface area contributed by atoms with Gasteiger partial charge in [0.1, 0.15) is 11.0 Å². The van der Waals surface area contributed by atoms with Crippen LogP contribution in [0.3, 0.4) is 0 Å². The third-order valence-corrected chi connectivity index (χ3v) is 10.1. The second-order valence-corrected chi connectivity index (χ2v) is 12.9. The van der Waals surface area contributed by atoms with Gasteiger partial charge >= 0.3 is 5.97 Å². The van der Waals surface area contributed by atoms with Gasteiger partial charge in [-0.25, -0.2) is 14.8 Å². The minimum absolute atomic E-state index is 0.125. The van der Waals surface area contributed by atoms with E-state index in [0.717, 1.165) is 88.3 Å². The number of hydrogen-bond donors (Lipinski definition) is 2. The van der Waals surface area contributed by atoms with Gasteiger partial charge in [-0.1, -0.05) is 36.9 Å². The highest BCUT2D eigenvalue weighted by atomic mass is 35.5. The van der Waals surface area contributed by atoms with Crippen molar-refractivity contribution in [3.05, 3.63) is 88.5 Å². The number of aromatic nitrogens is 4. The van der Waals surface area contributed by atoms with Crippen LogP contribution < -0.4 is 5.32 Å². The van der Waals surface area contributed by atoms with Crippen LogP contribution in [0.25, 0.3) is 39.3 Å². The summed E-state index contributed by atoms with van der Waals surface area (Å²) in [6.07, 6.45) is 12.9. The number of aliphatic carboxylic acids is 1. The van der Waals surface area contributed by atoms with E-state index in [4.69, 9.17) is 21.7 Å². The van der Waals surface area contributed by atoms with E-state index < -0.39 is 11.5 Å². The molecule has 2 saturated carbocycles. The van der Waals surface area contributed by atoms with Crippen molar-refractivity contribution in [2.75, 3.05) is 0 Å². The Morgan fingerprint density at radius 2 is 1.84 bits per heavy atom. The maximum Gasteiger partial charge on any atom is 0.328 e. The molecule has 2 fully saturated rings. The molecule has 230 valence electrons. The number of pyridine rings is 1. The predicted octanol–water partition coefficient (Wildman–Crippen LogP) is 7.96. The number of hydrogen-bond acceptors (Lipinski definition) is 4.